The number of hydrogen-bond acceptors (Lipinski definition) is 7. The van der Waals surface area contributed by atoms with Crippen molar-refractivity contribution >= 4 is 27.5 Å². The topological polar surface area (TPSA) is 129 Å². The van der Waals surface area contributed by atoms with Crippen LogP contribution in [0.2, 0.25) is 0 Å². The highest BCUT2D eigenvalue weighted by molar-refractivity contribution is 7.90. The van der Waals surface area contributed by atoms with Crippen LogP contribution in [0, 0.1) is 0 Å². The van der Waals surface area contributed by atoms with Crippen LogP contribution in [0.5, 0.6) is 11.5 Å². The lowest BCUT2D eigenvalue weighted by Gasteiger charge is -2.11. The highest BCUT2D eigenvalue weighted by atomic mass is 32.2. The minimum Gasteiger partial charge on any atom is -0.454 e. The number of amides is 2. The molecule has 0 aliphatic carbocycles. The Morgan fingerprint density at radius 1 is 1.00 bits per heavy atom. The zero-order valence-electron chi connectivity index (χ0n) is 16.7. The van der Waals surface area contributed by atoms with E-state index in [4.69, 9.17) is 9.47 Å². The second-order valence-electron chi connectivity index (χ2n) is 7.38. The molecule has 5 rings (SSSR count). The fourth-order valence-electron chi connectivity index (χ4n) is 3.60. The second-order valence-corrected chi connectivity index (χ2v) is 9.44. The van der Waals surface area contributed by atoms with Gasteiger partial charge in [-0.2, -0.15) is 5.10 Å². The Morgan fingerprint density at radius 2 is 1.78 bits per heavy atom. The van der Waals surface area contributed by atoms with Crippen LogP contribution < -0.4 is 20.1 Å². The number of nitrogens with one attached hydrogen (secondary N) is 2. The van der Waals surface area contributed by atoms with Gasteiger partial charge in [-0.15, -0.1) is 0 Å². The van der Waals surface area contributed by atoms with E-state index in [0.717, 1.165) is 5.56 Å². The first-order valence-corrected chi connectivity index (χ1v) is 11.6. The monoisotopic (exact) mass is 454 g/mol. The minimum atomic E-state index is -3.34. The van der Waals surface area contributed by atoms with Gasteiger partial charge in [0.1, 0.15) is 5.82 Å². The van der Waals surface area contributed by atoms with Crippen LogP contribution in [0.4, 0.5) is 5.82 Å². The number of benzene rings is 2. The Balaban J connectivity index is 1.34. The number of ether oxygens (including phenoxy) is 2. The zero-order chi connectivity index (χ0) is 22.3. The number of aromatic nitrogens is 2. The van der Waals surface area contributed by atoms with Crippen LogP contribution in [0.1, 0.15) is 16.8 Å². The van der Waals surface area contributed by atoms with E-state index in [9.17, 15) is 18.0 Å². The minimum absolute atomic E-state index is 0.104. The van der Waals surface area contributed by atoms with Crippen molar-refractivity contribution in [1.82, 2.24) is 15.1 Å². The number of anilines is 1. The van der Waals surface area contributed by atoms with Gasteiger partial charge >= 0.3 is 11.8 Å². The van der Waals surface area contributed by atoms with Crippen molar-refractivity contribution in [2.45, 2.75) is 18.1 Å². The molecule has 0 saturated carbocycles. The molecule has 3 aromatic rings. The third kappa shape index (κ3) is 3.78. The number of nitrogens with zero attached hydrogens (tertiary/aromatic N) is 2. The molecule has 2 aliphatic heterocycles. The van der Waals surface area contributed by atoms with E-state index in [1.807, 2.05) is 6.07 Å². The summed E-state index contributed by atoms with van der Waals surface area (Å²) in [6, 6.07) is 14.2. The maximum Gasteiger partial charge on any atom is 0.314 e. The predicted octanol–water partition coefficient (Wildman–Crippen LogP) is 1.28. The van der Waals surface area contributed by atoms with Crippen molar-refractivity contribution in [3.05, 3.63) is 65.4 Å². The number of hydrogen-bond donors (Lipinski definition) is 2. The van der Waals surface area contributed by atoms with E-state index in [2.05, 4.69) is 15.7 Å². The fourth-order valence-corrected chi connectivity index (χ4v) is 5.10. The number of rotatable bonds is 4. The molecule has 164 valence electrons. The summed E-state index contributed by atoms with van der Waals surface area (Å²) in [4.78, 5) is 25.0. The standard InChI is InChI=1S/C21H18N4O6S/c26-20(22-9-13-6-7-17-18(8-13)31-12-30-17)21(27)23-19-15-10-32(28,29)11-16(15)24-25(19)14-4-2-1-3-5-14/h1-8H,9-12H2,(H,22,26)(H,23,27). The fraction of sp³-hybridized carbons (Fsp3) is 0.190. The van der Waals surface area contributed by atoms with E-state index < -0.39 is 21.7 Å². The van der Waals surface area contributed by atoms with E-state index in [-0.39, 0.29) is 30.7 Å². The van der Waals surface area contributed by atoms with Gasteiger partial charge < -0.3 is 20.1 Å². The molecular formula is C21H18N4O6S. The summed E-state index contributed by atoms with van der Waals surface area (Å²) in [5.41, 5.74) is 2.13. The largest absolute Gasteiger partial charge is 0.454 e. The van der Waals surface area contributed by atoms with Gasteiger partial charge in [0.2, 0.25) is 6.79 Å². The summed E-state index contributed by atoms with van der Waals surface area (Å²) in [7, 11) is -3.34. The van der Waals surface area contributed by atoms with Crippen molar-refractivity contribution in [3.8, 4) is 17.2 Å². The normalized spacial score (nSPS) is 15.2. The summed E-state index contributed by atoms with van der Waals surface area (Å²) >= 11 is 0. The molecule has 0 atom stereocenters. The SMILES string of the molecule is O=C(NCc1ccc2c(c1)OCO2)C(=O)Nc1c2c(nn1-c1ccccc1)CS(=O)(=O)C2. The molecule has 0 unspecified atom stereocenters. The predicted molar refractivity (Wildman–Crippen MR) is 113 cm³/mol. The average Bonchev–Trinajstić information content (AvgIpc) is 3.45. The Hall–Kier alpha value is -3.86. The van der Waals surface area contributed by atoms with Gasteiger partial charge in [-0.1, -0.05) is 24.3 Å². The second kappa shape index (κ2) is 7.68. The van der Waals surface area contributed by atoms with Crippen LogP contribution in [0.15, 0.2) is 48.5 Å². The first-order valence-electron chi connectivity index (χ1n) is 9.74. The Kier molecular flexibility index (Phi) is 4.82. The molecule has 11 heteroatoms. The first kappa shape index (κ1) is 20.1. The maximum atomic E-state index is 12.6. The smallest absolute Gasteiger partial charge is 0.314 e. The molecule has 1 aromatic heterocycles. The Morgan fingerprint density at radius 3 is 2.59 bits per heavy atom. The van der Waals surface area contributed by atoms with E-state index in [0.29, 0.717) is 28.4 Å². The highest BCUT2D eigenvalue weighted by Gasteiger charge is 2.33. The van der Waals surface area contributed by atoms with Gasteiger partial charge in [0.05, 0.1) is 22.9 Å². The zero-order valence-corrected chi connectivity index (χ0v) is 17.5. The van der Waals surface area contributed by atoms with Crippen LogP contribution in [0.25, 0.3) is 5.69 Å². The van der Waals surface area contributed by atoms with E-state index in [1.165, 1.54) is 4.68 Å². The molecule has 0 radical (unpaired) electrons. The molecule has 2 amide bonds. The number of sulfone groups is 1. The van der Waals surface area contributed by atoms with Crippen molar-refractivity contribution in [2.24, 2.45) is 0 Å². The molecule has 0 spiro atoms. The molecule has 2 aromatic carbocycles. The number of carbonyl (C=O) groups excluding carboxylic acids is 2. The van der Waals surface area contributed by atoms with Gasteiger partial charge in [-0.05, 0) is 29.8 Å². The van der Waals surface area contributed by atoms with Gasteiger partial charge in [0.15, 0.2) is 21.3 Å². The summed E-state index contributed by atoms with van der Waals surface area (Å²) in [5.74, 6) is -0.866. The third-order valence-electron chi connectivity index (χ3n) is 5.12. The van der Waals surface area contributed by atoms with Crippen LogP contribution in [-0.2, 0) is 37.5 Å². The highest BCUT2D eigenvalue weighted by Crippen LogP contribution is 2.33. The third-order valence-corrected chi connectivity index (χ3v) is 6.56. The number of carbonyl (C=O) groups is 2. The molecule has 32 heavy (non-hydrogen) atoms. The summed E-state index contributed by atoms with van der Waals surface area (Å²) in [6.07, 6.45) is 0. The number of para-hydroxylation sites is 1. The van der Waals surface area contributed by atoms with Crippen LogP contribution in [0.3, 0.4) is 0 Å². The van der Waals surface area contributed by atoms with E-state index >= 15 is 0 Å². The van der Waals surface area contributed by atoms with E-state index in [1.54, 1.807) is 42.5 Å². The van der Waals surface area contributed by atoms with Crippen molar-refractivity contribution in [1.29, 1.82) is 0 Å². The lowest BCUT2D eigenvalue weighted by Crippen LogP contribution is -2.35. The quantitative estimate of drug-likeness (QED) is 0.568. The summed E-state index contributed by atoms with van der Waals surface area (Å²) < 4.78 is 36.1. The van der Waals surface area contributed by atoms with Crippen molar-refractivity contribution < 1.29 is 27.5 Å². The molecule has 3 heterocycles. The molecule has 2 N–H and O–H groups in total. The van der Waals surface area contributed by atoms with Crippen molar-refractivity contribution in [3.63, 3.8) is 0 Å². The summed E-state index contributed by atoms with van der Waals surface area (Å²) in [6.45, 7) is 0.246. The van der Waals surface area contributed by atoms with Gasteiger partial charge in [-0.25, -0.2) is 13.1 Å². The number of fused-ring (bicyclic) bond motifs is 2. The van der Waals surface area contributed by atoms with Gasteiger partial charge in [0, 0.05) is 12.1 Å². The molecular weight excluding hydrogens is 436 g/mol. The molecule has 0 bridgehead atoms. The lowest BCUT2D eigenvalue weighted by atomic mass is 10.2. The van der Waals surface area contributed by atoms with Crippen LogP contribution in [-0.4, -0.2) is 36.8 Å². The lowest BCUT2D eigenvalue weighted by molar-refractivity contribution is -0.136. The maximum absolute atomic E-state index is 12.6. The molecule has 10 nitrogen and oxygen atoms in total. The van der Waals surface area contributed by atoms with Crippen LogP contribution >= 0.6 is 0 Å². The Bertz CT molecular complexity index is 1330. The van der Waals surface area contributed by atoms with Gasteiger partial charge in [-0.3, -0.25) is 9.59 Å². The molecule has 2 aliphatic rings. The van der Waals surface area contributed by atoms with Crippen molar-refractivity contribution in [2.75, 3.05) is 12.1 Å². The average molecular weight is 454 g/mol. The van der Waals surface area contributed by atoms with Gasteiger partial charge in [0.25, 0.3) is 0 Å². The molecule has 0 saturated heterocycles. The molecule has 0 fully saturated rings. The first-order chi connectivity index (χ1) is 15.4. The Labute approximate surface area is 183 Å². The summed E-state index contributed by atoms with van der Waals surface area (Å²) in [5, 5.41) is 9.46.